The van der Waals surface area contributed by atoms with Crippen LogP contribution in [0, 0.1) is 6.92 Å². The molecule has 1 amide bonds. The number of hydrogen-bond acceptors (Lipinski definition) is 4. The van der Waals surface area contributed by atoms with Gasteiger partial charge in [0.1, 0.15) is 13.2 Å². The van der Waals surface area contributed by atoms with Crippen LogP contribution < -0.4 is 20.1 Å². The fourth-order valence-electron chi connectivity index (χ4n) is 2.28. The van der Waals surface area contributed by atoms with Gasteiger partial charge in [0.2, 0.25) is 0 Å². The third-order valence-corrected chi connectivity index (χ3v) is 3.62. The van der Waals surface area contributed by atoms with Crippen molar-refractivity contribution in [2.75, 3.05) is 18.5 Å². The van der Waals surface area contributed by atoms with Crippen molar-refractivity contribution < 1.29 is 14.3 Å². The molecule has 0 aliphatic carbocycles. The van der Waals surface area contributed by atoms with Crippen molar-refractivity contribution in [3.05, 3.63) is 53.6 Å². The van der Waals surface area contributed by atoms with Gasteiger partial charge in [-0.2, -0.15) is 0 Å². The van der Waals surface area contributed by atoms with Gasteiger partial charge in [-0.25, -0.2) is 0 Å². The van der Waals surface area contributed by atoms with Crippen molar-refractivity contribution in [2.24, 2.45) is 0 Å². The van der Waals surface area contributed by atoms with Crippen LogP contribution in [-0.2, 0) is 0 Å². The Morgan fingerprint density at radius 3 is 2.61 bits per heavy atom. The molecule has 118 valence electrons. The van der Waals surface area contributed by atoms with Gasteiger partial charge >= 0.3 is 0 Å². The molecule has 0 bridgehead atoms. The molecule has 1 aliphatic heterocycles. The van der Waals surface area contributed by atoms with E-state index in [1.165, 1.54) is 0 Å². The van der Waals surface area contributed by atoms with Crippen LogP contribution in [0.15, 0.2) is 42.5 Å². The Hall–Kier alpha value is -2.60. The van der Waals surface area contributed by atoms with E-state index in [4.69, 9.17) is 21.7 Å². The van der Waals surface area contributed by atoms with Gasteiger partial charge < -0.3 is 14.8 Å². The van der Waals surface area contributed by atoms with Crippen molar-refractivity contribution in [3.8, 4) is 11.5 Å². The predicted octanol–water partition coefficient (Wildman–Crippen LogP) is 2.89. The number of thiocarbonyl (C=S) groups is 1. The monoisotopic (exact) mass is 328 g/mol. The summed E-state index contributed by atoms with van der Waals surface area (Å²) in [5.41, 5.74) is 2.22. The van der Waals surface area contributed by atoms with E-state index >= 15 is 0 Å². The first-order chi connectivity index (χ1) is 11.1. The highest BCUT2D eigenvalue weighted by Gasteiger charge is 2.13. The molecule has 0 fully saturated rings. The maximum atomic E-state index is 12.2. The van der Waals surface area contributed by atoms with Gasteiger partial charge in [-0.1, -0.05) is 18.2 Å². The Kier molecular flexibility index (Phi) is 4.43. The van der Waals surface area contributed by atoms with Crippen molar-refractivity contribution in [2.45, 2.75) is 6.92 Å². The molecule has 0 radical (unpaired) electrons. The molecule has 0 saturated heterocycles. The van der Waals surface area contributed by atoms with Gasteiger partial charge in [0, 0.05) is 17.3 Å². The standard InChI is InChI=1S/C17H16N2O3S/c1-11-4-2-3-5-13(11)16(20)19-17(23)18-12-6-7-14-15(10-12)22-9-8-21-14/h2-7,10H,8-9H2,1H3,(H2,18,19,20,23). The molecule has 23 heavy (non-hydrogen) atoms. The summed E-state index contributed by atoms with van der Waals surface area (Å²) < 4.78 is 11.0. The van der Waals surface area contributed by atoms with Gasteiger partial charge in [0.15, 0.2) is 16.6 Å². The van der Waals surface area contributed by atoms with E-state index in [0.717, 1.165) is 11.3 Å². The van der Waals surface area contributed by atoms with Crippen LogP contribution >= 0.6 is 12.2 Å². The number of carbonyl (C=O) groups is 1. The van der Waals surface area contributed by atoms with Gasteiger partial charge in [-0.3, -0.25) is 10.1 Å². The summed E-state index contributed by atoms with van der Waals surface area (Å²) in [5, 5.41) is 5.88. The molecule has 1 aliphatic rings. The summed E-state index contributed by atoms with van der Waals surface area (Å²) >= 11 is 5.20. The molecule has 1 heterocycles. The number of ether oxygens (including phenoxy) is 2. The Morgan fingerprint density at radius 2 is 1.83 bits per heavy atom. The SMILES string of the molecule is Cc1ccccc1C(=O)NC(=S)Nc1ccc2c(c1)OCCO2. The van der Waals surface area contributed by atoms with Crippen LogP contribution in [-0.4, -0.2) is 24.2 Å². The largest absolute Gasteiger partial charge is 0.486 e. The fraction of sp³-hybridized carbons (Fsp3) is 0.176. The smallest absolute Gasteiger partial charge is 0.257 e. The average Bonchev–Trinajstić information content (AvgIpc) is 2.55. The molecule has 0 atom stereocenters. The van der Waals surface area contributed by atoms with E-state index in [1.807, 2.05) is 37.3 Å². The van der Waals surface area contributed by atoms with E-state index in [-0.39, 0.29) is 11.0 Å². The minimum absolute atomic E-state index is 0.231. The molecule has 5 nitrogen and oxygen atoms in total. The van der Waals surface area contributed by atoms with E-state index in [1.54, 1.807) is 12.1 Å². The Balaban J connectivity index is 1.65. The highest BCUT2D eigenvalue weighted by molar-refractivity contribution is 7.80. The predicted molar refractivity (Wildman–Crippen MR) is 92.3 cm³/mol. The third kappa shape index (κ3) is 3.60. The quantitative estimate of drug-likeness (QED) is 0.830. The molecule has 2 aromatic rings. The highest BCUT2D eigenvalue weighted by Crippen LogP contribution is 2.32. The third-order valence-electron chi connectivity index (χ3n) is 3.42. The van der Waals surface area contributed by atoms with Crippen LogP contribution in [0.1, 0.15) is 15.9 Å². The lowest BCUT2D eigenvalue weighted by Crippen LogP contribution is -2.34. The Morgan fingerprint density at radius 1 is 1.09 bits per heavy atom. The molecule has 2 aromatic carbocycles. The second kappa shape index (κ2) is 6.66. The number of aryl methyl sites for hydroxylation is 1. The number of benzene rings is 2. The Bertz CT molecular complexity index is 761. The van der Waals surface area contributed by atoms with Crippen LogP contribution in [0.2, 0.25) is 0 Å². The fourth-order valence-corrected chi connectivity index (χ4v) is 2.49. The molecule has 3 rings (SSSR count). The number of amides is 1. The summed E-state index contributed by atoms with van der Waals surface area (Å²) in [4.78, 5) is 12.2. The number of carbonyl (C=O) groups excluding carboxylic acids is 1. The number of nitrogens with one attached hydrogen (secondary N) is 2. The van der Waals surface area contributed by atoms with Gasteiger partial charge in [0.05, 0.1) is 0 Å². The second-order valence-electron chi connectivity index (χ2n) is 5.08. The normalized spacial score (nSPS) is 12.4. The Labute approximate surface area is 139 Å². The lowest BCUT2D eigenvalue weighted by atomic mass is 10.1. The van der Waals surface area contributed by atoms with Crippen LogP contribution in [0.4, 0.5) is 5.69 Å². The first-order valence-corrected chi connectivity index (χ1v) is 7.62. The van der Waals surface area contributed by atoms with Crippen molar-refractivity contribution in [1.29, 1.82) is 0 Å². The zero-order valence-corrected chi connectivity index (χ0v) is 13.4. The average molecular weight is 328 g/mol. The first kappa shape index (κ1) is 15.3. The van der Waals surface area contributed by atoms with Crippen molar-refractivity contribution in [1.82, 2.24) is 5.32 Å². The molecule has 0 saturated carbocycles. The minimum Gasteiger partial charge on any atom is -0.486 e. The summed E-state index contributed by atoms with van der Waals surface area (Å²) in [5.74, 6) is 1.13. The molecular formula is C17H16N2O3S. The molecule has 0 unspecified atom stereocenters. The molecule has 6 heteroatoms. The zero-order chi connectivity index (χ0) is 16.2. The van der Waals surface area contributed by atoms with Crippen LogP contribution in [0.25, 0.3) is 0 Å². The number of rotatable bonds is 2. The first-order valence-electron chi connectivity index (χ1n) is 7.21. The van der Waals surface area contributed by atoms with Gasteiger partial charge in [-0.15, -0.1) is 0 Å². The van der Waals surface area contributed by atoms with Gasteiger partial charge in [0.25, 0.3) is 5.91 Å². The summed E-state index contributed by atoms with van der Waals surface area (Å²) in [6.45, 7) is 2.95. The summed E-state index contributed by atoms with van der Waals surface area (Å²) in [7, 11) is 0. The van der Waals surface area contributed by atoms with Crippen LogP contribution in [0.3, 0.4) is 0 Å². The molecule has 0 aromatic heterocycles. The van der Waals surface area contributed by atoms with E-state index in [9.17, 15) is 4.79 Å². The topological polar surface area (TPSA) is 59.6 Å². The van der Waals surface area contributed by atoms with Gasteiger partial charge in [-0.05, 0) is 42.9 Å². The molecule has 2 N–H and O–H groups in total. The lowest BCUT2D eigenvalue weighted by Gasteiger charge is -2.19. The zero-order valence-electron chi connectivity index (χ0n) is 12.6. The van der Waals surface area contributed by atoms with Crippen molar-refractivity contribution >= 4 is 28.9 Å². The summed E-state index contributed by atoms with van der Waals surface area (Å²) in [6.07, 6.45) is 0. The van der Waals surface area contributed by atoms with E-state index in [0.29, 0.717) is 30.3 Å². The van der Waals surface area contributed by atoms with E-state index in [2.05, 4.69) is 10.6 Å². The van der Waals surface area contributed by atoms with Crippen molar-refractivity contribution in [3.63, 3.8) is 0 Å². The molecular weight excluding hydrogens is 312 g/mol. The maximum absolute atomic E-state index is 12.2. The summed E-state index contributed by atoms with van der Waals surface area (Å²) in [6, 6.07) is 12.8. The van der Waals surface area contributed by atoms with E-state index < -0.39 is 0 Å². The number of hydrogen-bond donors (Lipinski definition) is 2. The maximum Gasteiger partial charge on any atom is 0.257 e. The lowest BCUT2D eigenvalue weighted by molar-refractivity contribution is 0.0977. The van der Waals surface area contributed by atoms with Crippen LogP contribution in [0.5, 0.6) is 11.5 Å². The second-order valence-corrected chi connectivity index (χ2v) is 5.49. The minimum atomic E-state index is -0.238. The number of fused-ring (bicyclic) bond motifs is 1. The number of anilines is 1. The molecule has 0 spiro atoms. The highest BCUT2D eigenvalue weighted by atomic mass is 32.1.